The van der Waals surface area contributed by atoms with Gasteiger partial charge < -0.3 is 10.1 Å². The van der Waals surface area contributed by atoms with Crippen LogP contribution in [0.25, 0.3) is 0 Å². The first-order valence-corrected chi connectivity index (χ1v) is 6.91. The van der Waals surface area contributed by atoms with Crippen molar-refractivity contribution in [1.82, 2.24) is 10.2 Å². The van der Waals surface area contributed by atoms with E-state index in [0.717, 1.165) is 19.3 Å². The second-order valence-electron chi connectivity index (χ2n) is 5.79. The van der Waals surface area contributed by atoms with E-state index in [4.69, 9.17) is 4.74 Å². The number of piperidine rings is 1. The molecule has 0 amide bonds. The lowest BCUT2D eigenvalue weighted by Crippen LogP contribution is -2.43. The van der Waals surface area contributed by atoms with Gasteiger partial charge in [0.15, 0.2) is 0 Å². The maximum Gasteiger partial charge on any atom is 0.0594 e. The van der Waals surface area contributed by atoms with Crippen LogP contribution in [0.2, 0.25) is 0 Å². The number of morpholine rings is 1. The second kappa shape index (κ2) is 4.63. The van der Waals surface area contributed by atoms with E-state index in [0.29, 0.717) is 5.41 Å². The van der Waals surface area contributed by atoms with Gasteiger partial charge in [0.1, 0.15) is 0 Å². The van der Waals surface area contributed by atoms with Crippen LogP contribution < -0.4 is 5.32 Å². The zero-order valence-corrected chi connectivity index (χ0v) is 10.2. The number of nitrogens with one attached hydrogen (secondary N) is 1. The summed E-state index contributed by atoms with van der Waals surface area (Å²) in [4.78, 5) is 2.68. The molecule has 3 rings (SSSR count). The third kappa shape index (κ3) is 2.13. The van der Waals surface area contributed by atoms with Crippen molar-refractivity contribution in [3.63, 3.8) is 0 Å². The molecule has 3 fully saturated rings. The van der Waals surface area contributed by atoms with Gasteiger partial charge in [-0.25, -0.2) is 0 Å². The molecule has 1 unspecified atom stereocenters. The summed E-state index contributed by atoms with van der Waals surface area (Å²) in [5.74, 6) is 0. The van der Waals surface area contributed by atoms with Gasteiger partial charge in [-0.1, -0.05) is 0 Å². The maximum absolute atomic E-state index is 5.44. The van der Waals surface area contributed by atoms with Crippen LogP contribution in [0.3, 0.4) is 0 Å². The molecule has 0 aromatic heterocycles. The Bertz CT molecular complexity index is 232. The highest BCUT2D eigenvalue weighted by molar-refractivity contribution is 4.96. The smallest absolute Gasteiger partial charge is 0.0594 e. The molecule has 2 saturated heterocycles. The summed E-state index contributed by atoms with van der Waals surface area (Å²) < 4.78 is 5.44. The van der Waals surface area contributed by atoms with E-state index in [-0.39, 0.29) is 0 Å². The average molecular weight is 224 g/mol. The number of nitrogens with zero attached hydrogens (tertiary/aromatic N) is 1. The SMILES string of the molecule is C1CC2(CCN1)CCC(N1CCOCC1)C2. The lowest BCUT2D eigenvalue weighted by Gasteiger charge is -2.36. The highest BCUT2D eigenvalue weighted by Gasteiger charge is 2.41. The summed E-state index contributed by atoms with van der Waals surface area (Å²) in [5.41, 5.74) is 0.703. The molecule has 0 aromatic rings. The van der Waals surface area contributed by atoms with E-state index in [2.05, 4.69) is 10.2 Å². The van der Waals surface area contributed by atoms with E-state index >= 15 is 0 Å². The van der Waals surface area contributed by atoms with Gasteiger partial charge in [-0.3, -0.25) is 4.90 Å². The van der Waals surface area contributed by atoms with Crippen molar-refractivity contribution in [2.24, 2.45) is 5.41 Å². The van der Waals surface area contributed by atoms with Crippen LogP contribution >= 0.6 is 0 Å². The molecule has 3 aliphatic rings. The van der Waals surface area contributed by atoms with Crippen molar-refractivity contribution in [2.75, 3.05) is 39.4 Å². The van der Waals surface area contributed by atoms with Gasteiger partial charge >= 0.3 is 0 Å². The largest absolute Gasteiger partial charge is 0.379 e. The van der Waals surface area contributed by atoms with Crippen molar-refractivity contribution in [3.8, 4) is 0 Å². The van der Waals surface area contributed by atoms with Crippen molar-refractivity contribution in [1.29, 1.82) is 0 Å². The van der Waals surface area contributed by atoms with Crippen LogP contribution in [0.1, 0.15) is 32.1 Å². The molecule has 1 aliphatic carbocycles. The Kier molecular flexibility index (Phi) is 3.18. The Labute approximate surface area is 98.5 Å². The summed E-state index contributed by atoms with van der Waals surface area (Å²) in [5, 5.41) is 3.50. The van der Waals surface area contributed by atoms with E-state index < -0.39 is 0 Å². The first-order chi connectivity index (χ1) is 7.88. The van der Waals surface area contributed by atoms with E-state index in [1.807, 2.05) is 0 Å². The van der Waals surface area contributed by atoms with Crippen LogP contribution in [0.15, 0.2) is 0 Å². The van der Waals surface area contributed by atoms with Gasteiger partial charge in [-0.05, 0) is 50.6 Å². The minimum Gasteiger partial charge on any atom is -0.379 e. The van der Waals surface area contributed by atoms with Crippen molar-refractivity contribution in [3.05, 3.63) is 0 Å². The van der Waals surface area contributed by atoms with Crippen molar-refractivity contribution < 1.29 is 4.74 Å². The summed E-state index contributed by atoms with van der Waals surface area (Å²) >= 11 is 0. The fourth-order valence-electron chi connectivity index (χ4n) is 3.84. The number of hydrogen-bond acceptors (Lipinski definition) is 3. The summed E-state index contributed by atoms with van der Waals surface area (Å²) in [6.07, 6.45) is 7.17. The minimum atomic E-state index is 0.703. The Morgan fingerprint density at radius 2 is 1.81 bits per heavy atom. The predicted octanol–water partition coefficient (Wildman–Crippen LogP) is 1.24. The molecule has 1 spiro atoms. The normalized spacial score (nSPS) is 35.6. The van der Waals surface area contributed by atoms with Gasteiger partial charge in [-0.15, -0.1) is 0 Å². The molecule has 0 aromatic carbocycles. The topological polar surface area (TPSA) is 24.5 Å². The molecule has 3 heteroatoms. The quantitative estimate of drug-likeness (QED) is 0.725. The zero-order valence-electron chi connectivity index (χ0n) is 10.2. The highest BCUT2D eigenvalue weighted by atomic mass is 16.5. The molecule has 3 nitrogen and oxygen atoms in total. The molecule has 0 bridgehead atoms. The first-order valence-electron chi connectivity index (χ1n) is 6.91. The molecule has 92 valence electrons. The van der Waals surface area contributed by atoms with Gasteiger partial charge in [-0.2, -0.15) is 0 Å². The van der Waals surface area contributed by atoms with Crippen molar-refractivity contribution >= 4 is 0 Å². The van der Waals surface area contributed by atoms with Gasteiger partial charge in [0.05, 0.1) is 13.2 Å². The highest BCUT2D eigenvalue weighted by Crippen LogP contribution is 2.46. The molecular weight excluding hydrogens is 200 g/mol. The molecule has 2 heterocycles. The maximum atomic E-state index is 5.44. The third-order valence-corrected chi connectivity index (χ3v) is 4.90. The zero-order chi connectivity index (χ0) is 10.8. The second-order valence-corrected chi connectivity index (χ2v) is 5.79. The molecule has 16 heavy (non-hydrogen) atoms. The van der Waals surface area contributed by atoms with Crippen LogP contribution in [0, 0.1) is 5.41 Å². The Balaban J connectivity index is 1.58. The monoisotopic (exact) mass is 224 g/mol. The number of hydrogen-bond donors (Lipinski definition) is 1. The Morgan fingerprint density at radius 3 is 2.56 bits per heavy atom. The van der Waals surface area contributed by atoms with Crippen LogP contribution in [-0.2, 0) is 4.74 Å². The molecule has 1 saturated carbocycles. The average Bonchev–Trinajstić information content (AvgIpc) is 2.75. The summed E-state index contributed by atoms with van der Waals surface area (Å²) in [6, 6.07) is 0.863. The predicted molar refractivity (Wildman–Crippen MR) is 64.6 cm³/mol. The third-order valence-electron chi connectivity index (χ3n) is 4.90. The molecule has 2 aliphatic heterocycles. The minimum absolute atomic E-state index is 0.703. The lowest BCUT2D eigenvalue weighted by molar-refractivity contribution is 0.0144. The molecule has 1 N–H and O–H groups in total. The fraction of sp³-hybridized carbons (Fsp3) is 1.00. The van der Waals surface area contributed by atoms with E-state index in [1.54, 1.807) is 0 Å². The van der Waals surface area contributed by atoms with E-state index in [1.165, 1.54) is 58.3 Å². The van der Waals surface area contributed by atoms with Gasteiger partial charge in [0, 0.05) is 19.1 Å². The van der Waals surface area contributed by atoms with E-state index in [9.17, 15) is 0 Å². The first kappa shape index (κ1) is 11.0. The Morgan fingerprint density at radius 1 is 1.06 bits per heavy atom. The standard InChI is InChI=1S/C13H24N2O/c1-2-13(3-5-14-6-4-13)11-12(1)15-7-9-16-10-8-15/h12,14H,1-11H2. The summed E-state index contributed by atoms with van der Waals surface area (Å²) in [7, 11) is 0. The van der Waals surface area contributed by atoms with Gasteiger partial charge in [0.25, 0.3) is 0 Å². The molecule has 0 radical (unpaired) electrons. The molecular formula is C13H24N2O. The van der Waals surface area contributed by atoms with Crippen LogP contribution in [0.5, 0.6) is 0 Å². The van der Waals surface area contributed by atoms with Crippen LogP contribution in [-0.4, -0.2) is 50.3 Å². The van der Waals surface area contributed by atoms with Crippen molar-refractivity contribution in [2.45, 2.75) is 38.1 Å². The molecule has 1 atom stereocenters. The summed E-state index contributed by atoms with van der Waals surface area (Å²) in [6.45, 7) is 6.72. The van der Waals surface area contributed by atoms with Crippen LogP contribution in [0.4, 0.5) is 0 Å². The Hall–Kier alpha value is -0.120. The lowest BCUT2D eigenvalue weighted by atomic mass is 9.77. The number of rotatable bonds is 1. The van der Waals surface area contributed by atoms with Gasteiger partial charge in [0.2, 0.25) is 0 Å². The number of ether oxygens (including phenoxy) is 1. The fourth-order valence-corrected chi connectivity index (χ4v) is 3.84.